The second kappa shape index (κ2) is 6.54. The van der Waals surface area contributed by atoms with Crippen LogP contribution in [0.4, 0.5) is 4.79 Å². The number of hydrogen-bond acceptors (Lipinski definition) is 2. The molecule has 0 unspecified atom stereocenters. The minimum atomic E-state index is -0.440. The van der Waals surface area contributed by atoms with Gasteiger partial charge in [-0.2, -0.15) is 0 Å². The van der Waals surface area contributed by atoms with Gasteiger partial charge in [0.1, 0.15) is 0 Å². The van der Waals surface area contributed by atoms with Crippen molar-refractivity contribution >= 4 is 28.5 Å². The summed E-state index contributed by atoms with van der Waals surface area (Å²) in [6.45, 7) is 2.01. The van der Waals surface area contributed by atoms with Crippen molar-refractivity contribution in [3.63, 3.8) is 0 Å². The standard InChI is InChI=1S/C20H20ClN3O/c21-16-4-1-13(2-5-16)15-3-6-19-17(11-15)18(12-24(19)20(22)25)14-7-9-23-10-8-14/h1-6,11-12,14,23H,7-10H2,(H2,22,25). The number of aromatic nitrogens is 1. The molecule has 4 rings (SSSR count). The number of carbonyl (C=O) groups excluding carboxylic acids is 1. The van der Waals surface area contributed by atoms with Crippen molar-refractivity contribution in [3.8, 4) is 11.1 Å². The van der Waals surface area contributed by atoms with Crippen LogP contribution in [0.2, 0.25) is 5.02 Å². The van der Waals surface area contributed by atoms with Crippen molar-refractivity contribution < 1.29 is 4.79 Å². The van der Waals surface area contributed by atoms with Crippen LogP contribution in [-0.4, -0.2) is 23.7 Å². The Labute approximate surface area is 151 Å². The van der Waals surface area contributed by atoms with Crippen LogP contribution in [0.25, 0.3) is 22.0 Å². The largest absolute Gasteiger partial charge is 0.351 e. The summed E-state index contributed by atoms with van der Waals surface area (Å²) in [6.07, 6.45) is 4.07. The summed E-state index contributed by atoms with van der Waals surface area (Å²) in [5, 5.41) is 5.23. The van der Waals surface area contributed by atoms with E-state index in [1.165, 1.54) is 5.56 Å². The average molecular weight is 354 g/mol. The molecule has 25 heavy (non-hydrogen) atoms. The molecule has 128 valence electrons. The molecule has 3 N–H and O–H groups in total. The zero-order valence-electron chi connectivity index (χ0n) is 13.8. The normalized spacial score (nSPS) is 15.6. The molecule has 1 fully saturated rings. The highest BCUT2D eigenvalue weighted by atomic mass is 35.5. The topological polar surface area (TPSA) is 60.1 Å². The molecule has 2 aromatic carbocycles. The number of rotatable bonds is 2. The van der Waals surface area contributed by atoms with Gasteiger partial charge in [0.25, 0.3) is 0 Å². The molecule has 1 amide bonds. The quantitative estimate of drug-likeness (QED) is 0.719. The predicted octanol–water partition coefficient (Wildman–Crippen LogP) is 4.36. The van der Waals surface area contributed by atoms with E-state index in [4.69, 9.17) is 17.3 Å². The first-order chi connectivity index (χ1) is 12.1. The van der Waals surface area contributed by atoms with Crippen LogP contribution in [-0.2, 0) is 0 Å². The Kier molecular flexibility index (Phi) is 4.24. The van der Waals surface area contributed by atoms with Crippen LogP contribution in [0.5, 0.6) is 0 Å². The molecule has 2 heterocycles. The number of nitrogens with one attached hydrogen (secondary N) is 1. The van der Waals surface area contributed by atoms with Crippen LogP contribution in [0.1, 0.15) is 24.3 Å². The second-order valence-corrected chi connectivity index (χ2v) is 6.99. The molecule has 4 nitrogen and oxygen atoms in total. The minimum absolute atomic E-state index is 0.440. The van der Waals surface area contributed by atoms with Gasteiger partial charge in [-0.25, -0.2) is 4.79 Å². The Morgan fingerprint density at radius 2 is 1.76 bits per heavy atom. The van der Waals surface area contributed by atoms with E-state index in [9.17, 15) is 4.79 Å². The zero-order chi connectivity index (χ0) is 17.4. The number of piperidine rings is 1. The molecule has 1 aromatic heterocycles. The number of nitrogens with zero attached hydrogens (tertiary/aromatic N) is 1. The maximum absolute atomic E-state index is 11.9. The third-order valence-corrected chi connectivity index (χ3v) is 5.28. The summed E-state index contributed by atoms with van der Waals surface area (Å²) in [5.74, 6) is 0.449. The van der Waals surface area contributed by atoms with Gasteiger partial charge < -0.3 is 11.1 Å². The van der Waals surface area contributed by atoms with Gasteiger partial charge in [-0.05, 0) is 72.8 Å². The van der Waals surface area contributed by atoms with E-state index < -0.39 is 6.03 Å². The van der Waals surface area contributed by atoms with Gasteiger partial charge in [0.15, 0.2) is 0 Å². The lowest BCUT2D eigenvalue weighted by Crippen LogP contribution is -2.26. The molecular weight excluding hydrogens is 334 g/mol. The Balaban J connectivity index is 1.86. The lowest BCUT2D eigenvalue weighted by molar-refractivity contribution is 0.251. The Hall–Kier alpha value is -2.30. The van der Waals surface area contributed by atoms with Crippen molar-refractivity contribution in [2.24, 2.45) is 5.73 Å². The highest BCUT2D eigenvalue weighted by Crippen LogP contribution is 2.35. The summed E-state index contributed by atoms with van der Waals surface area (Å²) < 4.78 is 1.57. The lowest BCUT2D eigenvalue weighted by atomic mass is 9.89. The number of halogens is 1. The van der Waals surface area contributed by atoms with Crippen molar-refractivity contribution in [2.45, 2.75) is 18.8 Å². The van der Waals surface area contributed by atoms with Gasteiger partial charge in [0, 0.05) is 16.6 Å². The predicted molar refractivity (Wildman–Crippen MR) is 102 cm³/mol. The van der Waals surface area contributed by atoms with Gasteiger partial charge in [-0.1, -0.05) is 29.8 Å². The number of primary amides is 1. The molecule has 0 saturated carbocycles. The van der Waals surface area contributed by atoms with Gasteiger partial charge >= 0.3 is 6.03 Å². The number of fused-ring (bicyclic) bond motifs is 1. The maximum Gasteiger partial charge on any atom is 0.323 e. The summed E-state index contributed by atoms with van der Waals surface area (Å²) in [4.78, 5) is 11.9. The van der Waals surface area contributed by atoms with Crippen LogP contribution >= 0.6 is 11.6 Å². The van der Waals surface area contributed by atoms with Crippen molar-refractivity contribution in [3.05, 3.63) is 59.2 Å². The number of nitrogens with two attached hydrogens (primary N) is 1. The number of benzene rings is 2. The summed E-state index contributed by atoms with van der Waals surface area (Å²) >= 11 is 6.00. The molecule has 0 spiro atoms. The third-order valence-electron chi connectivity index (χ3n) is 5.03. The summed E-state index contributed by atoms with van der Waals surface area (Å²) in [7, 11) is 0. The van der Waals surface area contributed by atoms with E-state index >= 15 is 0 Å². The van der Waals surface area contributed by atoms with Crippen LogP contribution < -0.4 is 11.1 Å². The Bertz CT molecular complexity index is 924. The fourth-order valence-corrected chi connectivity index (χ4v) is 3.84. The SMILES string of the molecule is NC(=O)n1cc(C2CCNCC2)c2cc(-c3ccc(Cl)cc3)ccc21. The molecule has 1 saturated heterocycles. The van der Waals surface area contributed by atoms with E-state index in [2.05, 4.69) is 11.4 Å². The first-order valence-electron chi connectivity index (χ1n) is 8.55. The highest BCUT2D eigenvalue weighted by Gasteiger charge is 2.21. The van der Waals surface area contributed by atoms with Gasteiger partial charge in [-0.15, -0.1) is 0 Å². The number of amides is 1. The van der Waals surface area contributed by atoms with E-state index in [0.717, 1.165) is 53.0 Å². The second-order valence-electron chi connectivity index (χ2n) is 6.56. The molecule has 0 bridgehead atoms. The average Bonchev–Trinajstić information content (AvgIpc) is 3.02. The van der Waals surface area contributed by atoms with Crippen molar-refractivity contribution in [1.29, 1.82) is 0 Å². The van der Waals surface area contributed by atoms with Gasteiger partial charge in [0.2, 0.25) is 0 Å². The molecule has 5 heteroatoms. The molecular formula is C20H20ClN3O. The number of carbonyl (C=O) groups is 1. The molecule has 0 aliphatic carbocycles. The Morgan fingerprint density at radius 1 is 1.08 bits per heavy atom. The Morgan fingerprint density at radius 3 is 2.44 bits per heavy atom. The third kappa shape index (κ3) is 3.03. The molecule has 0 atom stereocenters. The van der Waals surface area contributed by atoms with Crippen LogP contribution in [0.3, 0.4) is 0 Å². The molecule has 1 aliphatic heterocycles. The van der Waals surface area contributed by atoms with E-state index in [1.807, 2.05) is 42.6 Å². The fraction of sp³-hybridized carbons (Fsp3) is 0.250. The molecule has 0 radical (unpaired) electrons. The maximum atomic E-state index is 11.9. The van der Waals surface area contributed by atoms with Crippen molar-refractivity contribution in [1.82, 2.24) is 9.88 Å². The fourth-order valence-electron chi connectivity index (χ4n) is 3.72. The summed E-state index contributed by atoms with van der Waals surface area (Å²) in [5.41, 5.74) is 9.89. The number of hydrogen-bond donors (Lipinski definition) is 2. The van der Waals surface area contributed by atoms with Crippen LogP contribution in [0, 0.1) is 0 Å². The van der Waals surface area contributed by atoms with Crippen molar-refractivity contribution in [2.75, 3.05) is 13.1 Å². The van der Waals surface area contributed by atoms with Gasteiger partial charge in [0.05, 0.1) is 5.52 Å². The highest BCUT2D eigenvalue weighted by molar-refractivity contribution is 6.30. The van der Waals surface area contributed by atoms with Crippen LogP contribution in [0.15, 0.2) is 48.7 Å². The molecule has 3 aromatic rings. The van der Waals surface area contributed by atoms with E-state index in [-0.39, 0.29) is 0 Å². The zero-order valence-corrected chi connectivity index (χ0v) is 14.6. The minimum Gasteiger partial charge on any atom is -0.351 e. The van der Waals surface area contributed by atoms with E-state index in [0.29, 0.717) is 5.92 Å². The summed E-state index contributed by atoms with van der Waals surface area (Å²) in [6, 6.07) is 13.5. The van der Waals surface area contributed by atoms with E-state index in [1.54, 1.807) is 4.57 Å². The van der Waals surface area contributed by atoms with Gasteiger partial charge in [-0.3, -0.25) is 4.57 Å². The first-order valence-corrected chi connectivity index (χ1v) is 8.93. The first kappa shape index (κ1) is 16.2. The monoisotopic (exact) mass is 353 g/mol. The lowest BCUT2D eigenvalue weighted by Gasteiger charge is -2.22. The smallest absolute Gasteiger partial charge is 0.323 e. The molecule has 1 aliphatic rings.